The molecule has 8 heteroatoms. The summed E-state index contributed by atoms with van der Waals surface area (Å²) < 4.78 is 6.43. The van der Waals surface area contributed by atoms with Crippen LogP contribution < -0.4 is 0 Å². The number of nitrogens with one attached hydrogen (secondary N) is 1. The molecule has 4 aromatic rings. The first-order valence-corrected chi connectivity index (χ1v) is 10.4. The lowest BCUT2D eigenvalue weighted by Crippen LogP contribution is -2.28. The van der Waals surface area contributed by atoms with Gasteiger partial charge >= 0.3 is 0 Å². The van der Waals surface area contributed by atoms with Gasteiger partial charge in [-0.1, -0.05) is 39.7 Å². The Kier molecular flexibility index (Phi) is 4.64. The van der Waals surface area contributed by atoms with E-state index in [1.54, 1.807) is 29.4 Å². The summed E-state index contributed by atoms with van der Waals surface area (Å²) in [5.41, 5.74) is 2.97. The first-order valence-electron chi connectivity index (χ1n) is 9.19. The lowest BCUT2D eigenvalue weighted by Gasteiger charge is -2.25. The smallest absolute Gasteiger partial charge is 0.273 e. The van der Waals surface area contributed by atoms with Gasteiger partial charge in [-0.25, -0.2) is 0 Å². The predicted molar refractivity (Wildman–Crippen MR) is 115 cm³/mol. The van der Waals surface area contributed by atoms with Gasteiger partial charge in [-0.3, -0.25) is 9.89 Å². The van der Waals surface area contributed by atoms with Crippen molar-refractivity contribution >= 4 is 33.4 Å². The van der Waals surface area contributed by atoms with Crippen LogP contribution in [0.5, 0.6) is 5.75 Å². The Morgan fingerprint density at radius 1 is 1.20 bits per heavy atom. The fraction of sp³-hybridized carbons (Fsp3) is 0.0909. The Hall–Kier alpha value is -3.03. The largest absolute Gasteiger partial charge is 0.507 e. The average Bonchev–Trinajstić information content (AvgIpc) is 3.45. The Bertz CT molecular complexity index is 1240. The predicted octanol–water partition coefficient (Wildman–Crippen LogP) is 5.54. The highest BCUT2D eigenvalue weighted by Crippen LogP contribution is 2.45. The molecule has 1 amide bonds. The molecule has 150 valence electrons. The molecule has 0 spiro atoms. The van der Waals surface area contributed by atoms with Crippen LogP contribution in [0.25, 0.3) is 11.3 Å². The van der Waals surface area contributed by atoms with Crippen LogP contribution in [-0.4, -0.2) is 26.1 Å². The van der Waals surface area contributed by atoms with E-state index in [4.69, 9.17) is 16.0 Å². The van der Waals surface area contributed by atoms with Gasteiger partial charge in [0.05, 0.1) is 18.8 Å². The molecule has 2 aromatic heterocycles. The molecule has 2 N–H and O–H groups in total. The number of aromatic hydroxyl groups is 1. The second kappa shape index (κ2) is 7.34. The lowest BCUT2D eigenvalue weighted by molar-refractivity contribution is 0.0717. The highest BCUT2D eigenvalue weighted by Gasteiger charge is 2.42. The molecule has 6 nitrogen and oxygen atoms in total. The van der Waals surface area contributed by atoms with Crippen molar-refractivity contribution in [2.45, 2.75) is 12.6 Å². The quantitative estimate of drug-likeness (QED) is 0.399. The van der Waals surface area contributed by atoms with Gasteiger partial charge in [0.15, 0.2) is 0 Å². The van der Waals surface area contributed by atoms with Crippen molar-refractivity contribution in [1.82, 2.24) is 15.1 Å². The molecule has 0 fully saturated rings. The minimum absolute atomic E-state index is 0.0418. The Balaban J connectivity index is 1.69. The van der Waals surface area contributed by atoms with Crippen LogP contribution in [0.4, 0.5) is 0 Å². The summed E-state index contributed by atoms with van der Waals surface area (Å²) in [5.74, 6) is 0.533. The fourth-order valence-corrected chi connectivity index (χ4v) is 4.26. The number of carbonyl (C=O) groups excluding carboxylic acids is 1. The number of H-pyrrole nitrogens is 1. The summed E-state index contributed by atoms with van der Waals surface area (Å²) in [5, 5.41) is 18.1. The summed E-state index contributed by atoms with van der Waals surface area (Å²) in [6.45, 7) is 0.302. The molecule has 0 saturated carbocycles. The molecule has 0 bridgehead atoms. The lowest BCUT2D eigenvalue weighted by atomic mass is 9.95. The van der Waals surface area contributed by atoms with E-state index in [1.165, 1.54) is 6.07 Å². The number of carbonyl (C=O) groups is 1. The van der Waals surface area contributed by atoms with Gasteiger partial charge in [-0.05, 0) is 48.0 Å². The molecule has 30 heavy (non-hydrogen) atoms. The minimum atomic E-state index is -0.405. The molecule has 1 atom stereocenters. The number of furan rings is 1. The minimum Gasteiger partial charge on any atom is -0.507 e. The summed E-state index contributed by atoms with van der Waals surface area (Å²) in [4.78, 5) is 15.0. The van der Waals surface area contributed by atoms with Crippen LogP contribution in [0.1, 0.15) is 33.4 Å². The second-order valence-electron chi connectivity index (χ2n) is 6.99. The van der Waals surface area contributed by atoms with E-state index in [0.717, 1.165) is 10.0 Å². The zero-order chi connectivity index (χ0) is 20.8. The van der Waals surface area contributed by atoms with E-state index in [1.807, 2.05) is 30.3 Å². The van der Waals surface area contributed by atoms with Gasteiger partial charge in [0, 0.05) is 20.6 Å². The molecule has 0 aliphatic carbocycles. The van der Waals surface area contributed by atoms with E-state index < -0.39 is 6.04 Å². The maximum Gasteiger partial charge on any atom is 0.273 e. The topological polar surface area (TPSA) is 82.4 Å². The van der Waals surface area contributed by atoms with Crippen LogP contribution in [0, 0.1) is 0 Å². The molecular weight excluding hydrogens is 470 g/mol. The van der Waals surface area contributed by atoms with Crippen molar-refractivity contribution in [3.63, 3.8) is 0 Å². The summed E-state index contributed by atoms with van der Waals surface area (Å²) in [6.07, 6.45) is 1.58. The van der Waals surface area contributed by atoms with Crippen LogP contribution >= 0.6 is 27.5 Å². The van der Waals surface area contributed by atoms with Crippen molar-refractivity contribution < 1.29 is 14.3 Å². The van der Waals surface area contributed by atoms with Gasteiger partial charge in [-0.15, -0.1) is 0 Å². The maximum atomic E-state index is 13.3. The van der Waals surface area contributed by atoms with Gasteiger partial charge in [-0.2, -0.15) is 5.10 Å². The number of aromatic nitrogens is 2. The average molecular weight is 485 g/mol. The summed E-state index contributed by atoms with van der Waals surface area (Å²) in [7, 11) is 0. The molecule has 1 unspecified atom stereocenters. The SMILES string of the molecule is O=C1c2[nH]nc(-c3cc(Cl)ccc3O)c2C(c2ccc(Br)cc2)N1Cc1ccco1. The van der Waals surface area contributed by atoms with Crippen molar-refractivity contribution in [2.24, 2.45) is 0 Å². The van der Waals surface area contributed by atoms with Gasteiger partial charge in [0.1, 0.15) is 22.9 Å². The first-order chi connectivity index (χ1) is 14.5. The second-order valence-corrected chi connectivity index (χ2v) is 8.34. The molecule has 0 radical (unpaired) electrons. The molecular formula is C22H15BrClN3O3. The van der Waals surface area contributed by atoms with Gasteiger partial charge < -0.3 is 14.4 Å². The number of aromatic amines is 1. The molecule has 2 aromatic carbocycles. The third-order valence-electron chi connectivity index (χ3n) is 5.17. The number of phenols is 1. The number of fused-ring (bicyclic) bond motifs is 1. The van der Waals surface area contributed by atoms with Crippen molar-refractivity contribution in [2.75, 3.05) is 0 Å². The summed E-state index contributed by atoms with van der Waals surface area (Å²) in [6, 6.07) is 15.8. The van der Waals surface area contributed by atoms with Crippen LogP contribution in [0.2, 0.25) is 5.02 Å². The normalized spacial score (nSPS) is 15.6. The van der Waals surface area contributed by atoms with Crippen molar-refractivity contribution in [3.8, 4) is 17.0 Å². The fourth-order valence-electron chi connectivity index (χ4n) is 3.83. The van der Waals surface area contributed by atoms with E-state index >= 15 is 0 Å². The number of hydrogen-bond acceptors (Lipinski definition) is 4. The van der Waals surface area contributed by atoms with Gasteiger partial charge in [0.2, 0.25) is 0 Å². The molecule has 1 aliphatic heterocycles. The number of nitrogens with zero attached hydrogens (tertiary/aromatic N) is 2. The monoisotopic (exact) mass is 483 g/mol. The number of amides is 1. The first kappa shape index (κ1) is 19.0. The van der Waals surface area contributed by atoms with Crippen LogP contribution in [0.3, 0.4) is 0 Å². The standard InChI is InChI=1S/C22H15BrClN3O3/c23-13-5-3-12(4-6-13)21-18-19(16-10-14(24)7-8-17(16)28)25-26-20(18)22(29)27(21)11-15-2-1-9-30-15/h1-10,21,28H,11H2,(H,25,26). The molecule has 1 aliphatic rings. The van der Waals surface area contributed by atoms with Crippen molar-refractivity contribution in [1.29, 1.82) is 0 Å². The van der Waals surface area contributed by atoms with Crippen molar-refractivity contribution in [3.05, 3.63) is 92.9 Å². The van der Waals surface area contributed by atoms with Crippen LogP contribution in [-0.2, 0) is 6.54 Å². The summed E-state index contributed by atoms with van der Waals surface area (Å²) >= 11 is 9.62. The Morgan fingerprint density at radius 3 is 2.73 bits per heavy atom. The number of benzene rings is 2. The zero-order valence-electron chi connectivity index (χ0n) is 15.5. The third-order valence-corrected chi connectivity index (χ3v) is 5.93. The maximum absolute atomic E-state index is 13.3. The van der Waals surface area contributed by atoms with Gasteiger partial charge in [0.25, 0.3) is 5.91 Å². The number of rotatable bonds is 4. The third kappa shape index (κ3) is 3.11. The zero-order valence-corrected chi connectivity index (χ0v) is 17.8. The highest BCUT2D eigenvalue weighted by atomic mass is 79.9. The Labute approximate surface area is 185 Å². The van der Waals surface area contributed by atoms with E-state index in [2.05, 4.69) is 26.1 Å². The number of hydrogen-bond donors (Lipinski definition) is 2. The number of halogens is 2. The van der Waals surface area contributed by atoms with E-state index in [0.29, 0.717) is 39.8 Å². The van der Waals surface area contributed by atoms with Crippen LogP contribution in [0.15, 0.2) is 69.8 Å². The molecule has 0 saturated heterocycles. The highest BCUT2D eigenvalue weighted by molar-refractivity contribution is 9.10. The Morgan fingerprint density at radius 2 is 2.00 bits per heavy atom. The van der Waals surface area contributed by atoms with E-state index in [-0.39, 0.29) is 11.7 Å². The molecule has 3 heterocycles. The van der Waals surface area contributed by atoms with E-state index in [9.17, 15) is 9.90 Å². The number of phenolic OH excluding ortho intramolecular Hbond substituents is 1. The molecule has 5 rings (SSSR count).